The number of fused-ring (bicyclic) bond motifs is 3. The predicted octanol–water partition coefficient (Wildman–Crippen LogP) is 4.47. The number of nitrogens with one attached hydrogen (secondary N) is 2. The Labute approximate surface area is 289 Å². The van der Waals surface area contributed by atoms with E-state index in [1.165, 1.54) is 12.5 Å². The van der Waals surface area contributed by atoms with Crippen molar-refractivity contribution in [2.45, 2.75) is 58.5 Å². The molecular formula is C38H49N5O6. The fourth-order valence-corrected chi connectivity index (χ4v) is 6.90. The number of anilines is 1. The van der Waals surface area contributed by atoms with Gasteiger partial charge in [-0.25, -0.2) is 0 Å². The zero-order valence-corrected chi connectivity index (χ0v) is 29.5. The van der Waals surface area contributed by atoms with Crippen LogP contribution < -0.4 is 30.3 Å². The van der Waals surface area contributed by atoms with Crippen molar-refractivity contribution in [2.75, 3.05) is 59.4 Å². The molecule has 11 nitrogen and oxygen atoms in total. The Hall–Kier alpha value is -4.64. The van der Waals surface area contributed by atoms with Gasteiger partial charge in [-0.1, -0.05) is 26.3 Å². The fraction of sp³-hybridized carbons (Fsp3) is 0.474. The highest BCUT2D eigenvalue weighted by molar-refractivity contribution is 5.86. The van der Waals surface area contributed by atoms with Gasteiger partial charge < -0.3 is 29.7 Å². The number of amides is 2. The highest BCUT2D eigenvalue weighted by Gasteiger charge is 2.33. The lowest BCUT2D eigenvalue weighted by Crippen LogP contribution is -2.54. The van der Waals surface area contributed by atoms with Crippen LogP contribution in [0, 0.1) is 5.92 Å². The van der Waals surface area contributed by atoms with E-state index in [9.17, 15) is 14.4 Å². The Morgan fingerprint density at radius 3 is 2.33 bits per heavy atom. The van der Waals surface area contributed by atoms with Crippen LogP contribution >= 0.6 is 0 Å². The molecule has 3 atom stereocenters. The number of aromatic nitrogens is 1. The highest BCUT2D eigenvalue weighted by atomic mass is 16.5. The Bertz CT molecular complexity index is 1690. The molecule has 0 bridgehead atoms. The number of methoxy groups -OCH3 is 3. The molecule has 1 saturated heterocycles. The summed E-state index contributed by atoms with van der Waals surface area (Å²) in [6.45, 7) is 9.34. The van der Waals surface area contributed by atoms with Gasteiger partial charge in [0, 0.05) is 57.6 Å². The maximum atomic E-state index is 14.1. The van der Waals surface area contributed by atoms with E-state index < -0.39 is 12.1 Å². The molecular weight excluding hydrogens is 622 g/mol. The van der Waals surface area contributed by atoms with Crippen molar-refractivity contribution < 1.29 is 23.8 Å². The van der Waals surface area contributed by atoms with Crippen LogP contribution in [-0.4, -0.2) is 86.7 Å². The number of carbonyl (C=O) groups excluding carboxylic acids is 2. The SMILES string of the molecule is CCC(C)C(Nc1ccc2c(cc1=O)C(NC(C)=O)CCc1cc(OC)c(OC)c(OC)c1-2)C(=O)N1CCN(CCc2ccncc2)CC1. The van der Waals surface area contributed by atoms with E-state index in [4.69, 9.17) is 14.2 Å². The molecule has 2 N–H and O–H groups in total. The number of aryl methyl sites for hydroxylation is 1. The molecule has 0 saturated carbocycles. The van der Waals surface area contributed by atoms with E-state index in [1.54, 1.807) is 33.5 Å². The summed E-state index contributed by atoms with van der Waals surface area (Å²) in [6, 6.07) is 10.2. The second-order valence-electron chi connectivity index (χ2n) is 12.9. The van der Waals surface area contributed by atoms with Crippen molar-refractivity contribution in [3.8, 4) is 28.4 Å². The quantitative estimate of drug-likeness (QED) is 0.287. The Morgan fingerprint density at radius 1 is 0.980 bits per heavy atom. The summed E-state index contributed by atoms with van der Waals surface area (Å²) in [5.74, 6) is 1.25. The minimum atomic E-state index is -0.583. The number of benzene rings is 1. The van der Waals surface area contributed by atoms with Gasteiger partial charge >= 0.3 is 0 Å². The maximum Gasteiger partial charge on any atom is 0.245 e. The van der Waals surface area contributed by atoms with Crippen molar-refractivity contribution >= 4 is 17.5 Å². The zero-order chi connectivity index (χ0) is 35.1. The van der Waals surface area contributed by atoms with Gasteiger partial charge in [0.1, 0.15) is 6.04 Å². The second-order valence-corrected chi connectivity index (χ2v) is 12.9. The molecule has 2 aromatic carbocycles. The summed E-state index contributed by atoms with van der Waals surface area (Å²) >= 11 is 0. The number of ether oxygens (including phenoxy) is 3. The number of pyridine rings is 1. The van der Waals surface area contributed by atoms with E-state index in [-0.39, 0.29) is 23.2 Å². The molecule has 1 fully saturated rings. The molecule has 2 heterocycles. The number of piperazine rings is 1. The first kappa shape index (κ1) is 35.7. The van der Waals surface area contributed by atoms with Crippen molar-refractivity contribution in [2.24, 2.45) is 5.92 Å². The molecule has 49 heavy (non-hydrogen) atoms. The van der Waals surface area contributed by atoms with Crippen LogP contribution in [0.4, 0.5) is 5.69 Å². The number of hydrogen-bond acceptors (Lipinski definition) is 9. The largest absolute Gasteiger partial charge is 0.493 e. The molecule has 3 unspecified atom stereocenters. The molecule has 2 aliphatic rings. The average Bonchev–Trinajstić information content (AvgIpc) is 3.36. The lowest BCUT2D eigenvalue weighted by atomic mass is 9.95. The van der Waals surface area contributed by atoms with Crippen LogP contribution in [-0.2, 0) is 22.4 Å². The van der Waals surface area contributed by atoms with E-state index >= 15 is 0 Å². The summed E-state index contributed by atoms with van der Waals surface area (Å²) in [5.41, 5.74) is 4.45. The van der Waals surface area contributed by atoms with E-state index in [0.29, 0.717) is 54.4 Å². The van der Waals surface area contributed by atoms with Gasteiger partial charge in [-0.15, -0.1) is 0 Å². The van der Waals surface area contributed by atoms with Crippen LogP contribution in [0.2, 0.25) is 0 Å². The molecule has 3 aromatic rings. The molecule has 0 radical (unpaired) electrons. The van der Waals surface area contributed by atoms with Crippen molar-refractivity contribution in [1.29, 1.82) is 0 Å². The number of nitrogens with zero attached hydrogens (tertiary/aromatic N) is 3. The molecule has 262 valence electrons. The van der Waals surface area contributed by atoms with E-state index in [1.807, 2.05) is 48.5 Å². The minimum Gasteiger partial charge on any atom is -0.493 e. The molecule has 5 rings (SSSR count). The molecule has 1 aliphatic carbocycles. The van der Waals surface area contributed by atoms with E-state index in [0.717, 1.165) is 49.2 Å². The Balaban J connectivity index is 1.45. The minimum absolute atomic E-state index is 0.00410. The lowest BCUT2D eigenvalue weighted by Gasteiger charge is -2.37. The smallest absolute Gasteiger partial charge is 0.245 e. The number of hydrogen-bond donors (Lipinski definition) is 2. The van der Waals surface area contributed by atoms with E-state index in [2.05, 4.69) is 27.4 Å². The maximum absolute atomic E-state index is 14.1. The Morgan fingerprint density at radius 2 is 1.69 bits per heavy atom. The van der Waals surface area contributed by atoms with Crippen LogP contribution in [0.3, 0.4) is 0 Å². The second kappa shape index (κ2) is 16.2. The zero-order valence-electron chi connectivity index (χ0n) is 29.5. The van der Waals surface area contributed by atoms with Crippen molar-refractivity contribution in [1.82, 2.24) is 20.1 Å². The van der Waals surface area contributed by atoms with Gasteiger partial charge in [0.05, 0.1) is 33.1 Å². The summed E-state index contributed by atoms with van der Waals surface area (Å²) < 4.78 is 17.3. The predicted molar refractivity (Wildman–Crippen MR) is 191 cm³/mol. The van der Waals surface area contributed by atoms with Crippen molar-refractivity contribution in [3.05, 3.63) is 75.7 Å². The number of carbonyl (C=O) groups is 2. The monoisotopic (exact) mass is 671 g/mol. The van der Waals surface area contributed by atoms with Crippen LogP contribution in [0.15, 0.2) is 53.6 Å². The van der Waals surface area contributed by atoms with Crippen LogP contribution in [0.25, 0.3) is 11.1 Å². The molecule has 0 spiro atoms. The van der Waals surface area contributed by atoms with Gasteiger partial charge in [-0.2, -0.15) is 0 Å². The van der Waals surface area contributed by atoms with Crippen LogP contribution in [0.1, 0.15) is 56.3 Å². The highest BCUT2D eigenvalue weighted by Crippen LogP contribution is 2.50. The molecule has 2 amide bonds. The topological polar surface area (TPSA) is 122 Å². The lowest BCUT2D eigenvalue weighted by molar-refractivity contribution is -0.134. The van der Waals surface area contributed by atoms with Crippen molar-refractivity contribution in [3.63, 3.8) is 0 Å². The van der Waals surface area contributed by atoms with Gasteiger partial charge in [-0.3, -0.25) is 24.3 Å². The average molecular weight is 672 g/mol. The normalized spacial score (nSPS) is 17.1. The summed E-state index contributed by atoms with van der Waals surface area (Å²) in [6.07, 6.45) is 6.50. The molecule has 1 aliphatic heterocycles. The Kier molecular flexibility index (Phi) is 11.8. The van der Waals surface area contributed by atoms with Gasteiger partial charge in [0.2, 0.25) is 23.0 Å². The summed E-state index contributed by atoms with van der Waals surface area (Å²) in [5, 5.41) is 6.42. The number of rotatable bonds is 12. The molecule has 11 heteroatoms. The molecule has 1 aromatic heterocycles. The third-order valence-corrected chi connectivity index (χ3v) is 9.86. The first-order valence-electron chi connectivity index (χ1n) is 17.1. The summed E-state index contributed by atoms with van der Waals surface area (Å²) in [4.78, 5) is 48.8. The van der Waals surface area contributed by atoms with Gasteiger partial charge in [0.15, 0.2) is 11.5 Å². The first-order valence-corrected chi connectivity index (χ1v) is 17.1. The van der Waals surface area contributed by atoms with Crippen LogP contribution in [0.5, 0.6) is 17.2 Å². The standard InChI is InChI=1S/C38H49N5O6/c1-7-24(2)35(38(46)43-20-18-42(19-21-43)17-14-26-12-15-39-16-13-26)41-31-11-9-28-29(23-32(31)45)30(40-25(3)44)10-8-27-22-33(47-4)36(48-5)37(49-6)34(27)28/h9,11-13,15-16,22-24,30,35H,7-8,10,14,17-21H2,1-6H3,(H,40,44)(H,41,45). The van der Waals surface area contributed by atoms with Gasteiger partial charge in [0.25, 0.3) is 0 Å². The third-order valence-electron chi connectivity index (χ3n) is 9.86. The first-order chi connectivity index (χ1) is 23.7. The fourth-order valence-electron chi connectivity index (χ4n) is 6.90. The summed E-state index contributed by atoms with van der Waals surface area (Å²) in [7, 11) is 4.71. The van der Waals surface area contributed by atoms with Gasteiger partial charge in [-0.05, 0) is 77.8 Å². The third kappa shape index (κ3) is 7.99.